The maximum Gasteiger partial charge on any atom is 0.0947 e. The van der Waals surface area contributed by atoms with Crippen LogP contribution in [0.2, 0.25) is 0 Å². The number of likely N-dealkylation sites (tertiary alicyclic amines) is 1. The van der Waals surface area contributed by atoms with Gasteiger partial charge in [-0.25, -0.2) is 0 Å². The molecule has 0 bridgehead atoms. The van der Waals surface area contributed by atoms with Crippen molar-refractivity contribution in [3.63, 3.8) is 0 Å². The lowest BCUT2D eigenvalue weighted by molar-refractivity contribution is 0.00270. The third-order valence-corrected chi connectivity index (χ3v) is 5.46. The van der Waals surface area contributed by atoms with Gasteiger partial charge >= 0.3 is 0 Å². The van der Waals surface area contributed by atoms with E-state index in [0.717, 1.165) is 32.2 Å². The highest BCUT2D eigenvalue weighted by atomic mass is 16.5. The second-order valence-electron chi connectivity index (χ2n) is 7.68. The minimum Gasteiger partial charge on any atom is -0.472 e. The van der Waals surface area contributed by atoms with Crippen LogP contribution >= 0.6 is 0 Å². The van der Waals surface area contributed by atoms with Crippen molar-refractivity contribution in [2.45, 2.75) is 32.2 Å². The smallest absolute Gasteiger partial charge is 0.0947 e. The lowest BCUT2D eigenvalue weighted by atomic mass is 9.80. The van der Waals surface area contributed by atoms with Gasteiger partial charge in [0.2, 0.25) is 0 Å². The molecule has 2 aliphatic heterocycles. The molecule has 1 spiro atoms. The van der Waals surface area contributed by atoms with Gasteiger partial charge < -0.3 is 14.1 Å². The monoisotopic (exact) mass is 304 g/mol. The zero-order valence-electron chi connectivity index (χ0n) is 13.5. The first kappa shape index (κ1) is 14.7. The molecular weight excluding hydrogens is 276 g/mol. The molecule has 22 heavy (non-hydrogen) atoms. The third-order valence-electron chi connectivity index (χ3n) is 5.46. The molecule has 4 heteroatoms. The van der Waals surface area contributed by atoms with E-state index in [-0.39, 0.29) is 0 Å². The summed E-state index contributed by atoms with van der Waals surface area (Å²) in [5.74, 6) is 0.973. The molecule has 1 unspecified atom stereocenters. The van der Waals surface area contributed by atoms with Gasteiger partial charge in [0.15, 0.2) is 0 Å². The van der Waals surface area contributed by atoms with Crippen LogP contribution in [-0.4, -0.2) is 55.7 Å². The van der Waals surface area contributed by atoms with E-state index in [1.807, 2.05) is 6.26 Å². The van der Waals surface area contributed by atoms with E-state index in [1.54, 1.807) is 6.26 Å². The van der Waals surface area contributed by atoms with Crippen LogP contribution in [0.4, 0.5) is 0 Å². The number of hydrogen-bond acceptors (Lipinski definition) is 4. The fraction of sp³-hybridized carbons (Fsp3) is 0.778. The number of rotatable bonds is 4. The summed E-state index contributed by atoms with van der Waals surface area (Å²) in [4.78, 5) is 5.28. The highest BCUT2D eigenvalue weighted by Gasteiger charge is 2.39. The maximum absolute atomic E-state index is 6.02. The second-order valence-corrected chi connectivity index (χ2v) is 7.68. The lowest BCUT2D eigenvalue weighted by Crippen LogP contribution is -2.50. The Morgan fingerprint density at radius 2 is 2.09 bits per heavy atom. The van der Waals surface area contributed by atoms with Gasteiger partial charge in [-0.05, 0) is 44.2 Å². The highest BCUT2D eigenvalue weighted by Crippen LogP contribution is 2.36. The van der Waals surface area contributed by atoms with E-state index in [0.29, 0.717) is 5.41 Å². The standard InChI is InChI=1S/C18H28N2O2/c1-5-18(13-19(6-1)11-17-4-8-21-12-17)14-20(7-9-22-15-18)10-16-2-3-16/h4,8,12,16H,1-3,5-7,9-11,13-15H2. The molecule has 1 aromatic heterocycles. The number of piperidine rings is 1. The predicted octanol–water partition coefficient (Wildman–Crippen LogP) is 2.60. The zero-order valence-corrected chi connectivity index (χ0v) is 13.5. The van der Waals surface area contributed by atoms with Crippen LogP contribution in [0.15, 0.2) is 23.0 Å². The molecule has 3 aliphatic rings. The van der Waals surface area contributed by atoms with E-state index >= 15 is 0 Å². The van der Waals surface area contributed by atoms with Crippen LogP contribution in [0.5, 0.6) is 0 Å². The van der Waals surface area contributed by atoms with Crippen LogP contribution in [0.25, 0.3) is 0 Å². The SMILES string of the molecule is c1cc(CN2CCCC3(COCCN(CC4CC4)C3)C2)co1. The molecule has 4 nitrogen and oxygen atoms in total. The summed E-state index contributed by atoms with van der Waals surface area (Å²) in [6.07, 6.45) is 9.15. The molecule has 0 radical (unpaired) electrons. The van der Waals surface area contributed by atoms with Crippen molar-refractivity contribution in [1.82, 2.24) is 9.80 Å². The summed E-state index contributed by atoms with van der Waals surface area (Å²) in [6, 6.07) is 2.09. The van der Waals surface area contributed by atoms with Gasteiger partial charge in [-0.3, -0.25) is 4.90 Å². The van der Waals surface area contributed by atoms with Crippen molar-refractivity contribution in [1.29, 1.82) is 0 Å². The summed E-state index contributed by atoms with van der Waals surface area (Å²) in [5, 5.41) is 0. The fourth-order valence-electron chi connectivity index (χ4n) is 4.24. The van der Waals surface area contributed by atoms with Gasteiger partial charge in [0.05, 0.1) is 25.7 Å². The summed E-state index contributed by atoms with van der Waals surface area (Å²) in [6.45, 7) is 8.89. The molecular formula is C18H28N2O2. The summed E-state index contributed by atoms with van der Waals surface area (Å²) in [7, 11) is 0. The van der Waals surface area contributed by atoms with E-state index < -0.39 is 0 Å². The van der Waals surface area contributed by atoms with E-state index in [2.05, 4.69) is 15.9 Å². The number of nitrogens with zero attached hydrogens (tertiary/aromatic N) is 2. The first-order chi connectivity index (χ1) is 10.8. The molecule has 1 aliphatic carbocycles. The molecule has 0 amide bonds. The molecule has 1 atom stereocenters. The normalized spacial score (nSPS) is 31.5. The van der Waals surface area contributed by atoms with Crippen molar-refractivity contribution >= 4 is 0 Å². The maximum atomic E-state index is 6.02. The molecule has 1 saturated carbocycles. The van der Waals surface area contributed by atoms with Crippen LogP contribution in [-0.2, 0) is 11.3 Å². The van der Waals surface area contributed by atoms with Crippen molar-refractivity contribution < 1.29 is 9.15 Å². The average molecular weight is 304 g/mol. The Labute approximate surface area is 133 Å². The van der Waals surface area contributed by atoms with Crippen LogP contribution in [0.3, 0.4) is 0 Å². The van der Waals surface area contributed by atoms with Gasteiger partial charge in [0, 0.05) is 43.7 Å². The van der Waals surface area contributed by atoms with Gasteiger partial charge in [-0.15, -0.1) is 0 Å². The predicted molar refractivity (Wildman–Crippen MR) is 85.6 cm³/mol. The Morgan fingerprint density at radius 3 is 2.91 bits per heavy atom. The largest absolute Gasteiger partial charge is 0.472 e. The van der Waals surface area contributed by atoms with Gasteiger partial charge in [0.1, 0.15) is 0 Å². The van der Waals surface area contributed by atoms with Crippen molar-refractivity contribution in [3.05, 3.63) is 24.2 Å². The van der Waals surface area contributed by atoms with Gasteiger partial charge in [-0.1, -0.05) is 0 Å². The van der Waals surface area contributed by atoms with Crippen LogP contribution < -0.4 is 0 Å². The van der Waals surface area contributed by atoms with Crippen molar-refractivity contribution in [2.75, 3.05) is 45.9 Å². The lowest BCUT2D eigenvalue weighted by Gasteiger charge is -2.43. The van der Waals surface area contributed by atoms with Crippen LogP contribution in [0, 0.1) is 11.3 Å². The minimum absolute atomic E-state index is 0.341. The molecule has 122 valence electrons. The molecule has 0 N–H and O–H groups in total. The Bertz CT molecular complexity index is 471. The number of ether oxygens (including phenoxy) is 1. The van der Waals surface area contributed by atoms with Crippen molar-refractivity contribution in [3.8, 4) is 0 Å². The topological polar surface area (TPSA) is 28.9 Å². The van der Waals surface area contributed by atoms with Gasteiger partial charge in [0.25, 0.3) is 0 Å². The van der Waals surface area contributed by atoms with Gasteiger partial charge in [-0.2, -0.15) is 0 Å². The first-order valence-corrected chi connectivity index (χ1v) is 8.85. The summed E-state index contributed by atoms with van der Waals surface area (Å²) in [5.41, 5.74) is 1.63. The van der Waals surface area contributed by atoms with E-state index in [9.17, 15) is 0 Å². The first-order valence-electron chi connectivity index (χ1n) is 8.85. The summed E-state index contributed by atoms with van der Waals surface area (Å²) < 4.78 is 11.2. The Balaban J connectivity index is 1.41. The number of hydrogen-bond donors (Lipinski definition) is 0. The Hall–Kier alpha value is -0.840. The molecule has 0 aromatic carbocycles. The molecule has 3 fully saturated rings. The van der Waals surface area contributed by atoms with Crippen LogP contribution in [0.1, 0.15) is 31.2 Å². The molecule has 1 aromatic rings. The van der Waals surface area contributed by atoms with E-state index in [4.69, 9.17) is 9.15 Å². The molecule has 3 heterocycles. The molecule has 2 saturated heterocycles. The average Bonchev–Trinajstić information content (AvgIpc) is 3.22. The Morgan fingerprint density at radius 1 is 1.18 bits per heavy atom. The zero-order chi connectivity index (χ0) is 14.8. The van der Waals surface area contributed by atoms with E-state index in [1.165, 1.54) is 57.4 Å². The summed E-state index contributed by atoms with van der Waals surface area (Å²) >= 11 is 0. The Kier molecular flexibility index (Phi) is 4.25. The molecule has 4 rings (SSSR count). The highest BCUT2D eigenvalue weighted by molar-refractivity contribution is 5.06. The van der Waals surface area contributed by atoms with Crippen molar-refractivity contribution in [2.24, 2.45) is 11.3 Å². The minimum atomic E-state index is 0.341. The second kappa shape index (κ2) is 6.34. The number of furan rings is 1. The fourth-order valence-corrected chi connectivity index (χ4v) is 4.24. The quantitative estimate of drug-likeness (QED) is 0.855. The third kappa shape index (κ3) is 3.55.